The highest BCUT2D eigenvalue weighted by molar-refractivity contribution is 5.88. The molecule has 1 aliphatic rings. The van der Waals surface area contributed by atoms with Gasteiger partial charge in [-0.25, -0.2) is 4.39 Å². The second kappa shape index (κ2) is 6.62. The van der Waals surface area contributed by atoms with E-state index in [4.69, 9.17) is 10.00 Å². The number of Topliss-reactive ketones (excluding diaryl/α,β-unsaturated/α-hetero) is 1. The molecule has 0 N–H and O–H groups in total. The fourth-order valence-corrected chi connectivity index (χ4v) is 2.60. The Labute approximate surface area is 118 Å². The van der Waals surface area contributed by atoms with Gasteiger partial charge in [0.25, 0.3) is 0 Å². The molecule has 0 radical (unpaired) electrons. The van der Waals surface area contributed by atoms with Gasteiger partial charge in [0.2, 0.25) is 0 Å². The standard InChI is InChI=1S/C16H18FNO2/c1-2-20-14-7-11(8-14)9-16(19)15(10-18)12-3-5-13(17)6-4-12/h3-6,11,14-15H,2,7-9H2,1H3. The molecular formula is C16H18FNO2. The Bertz CT molecular complexity index is 500. The van der Waals surface area contributed by atoms with E-state index in [2.05, 4.69) is 0 Å². The second-order valence-electron chi connectivity index (χ2n) is 5.20. The van der Waals surface area contributed by atoms with Crippen LogP contribution in [0.1, 0.15) is 37.7 Å². The molecule has 1 atom stereocenters. The number of ketones is 1. The number of carbonyl (C=O) groups is 1. The highest BCUT2D eigenvalue weighted by Crippen LogP contribution is 2.34. The second-order valence-corrected chi connectivity index (χ2v) is 5.20. The van der Waals surface area contributed by atoms with Gasteiger partial charge < -0.3 is 4.74 Å². The number of nitriles is 1. The van der Waals surface area contributed by atoms with Gasteiger partial charge in [0, 0.05) is 13.0 Å². The van der Waals surface area contributed by atoms with Gasteiger partial charge in [0.1, 0.15) is 11.7 Å². The SMILES string of the molecule is CCOC1CC(CC(=O)C(C#N)c2ccc(F)cc2)C1. The summed E-state index contributed by atoms with van der Waals surface area (Å²) >= 11 is 0. The third-order valence-corrected chi connectivity index (χ3v) is 3.74. The van der Waals surface area contributed by atoms with Gasteiger partial charge in [0.05, 0.1) is 12.2 Å². The maximum absolute atomic E-state index is 12.9. The van der Waals surface area contributed by atoms with Crippen LogP contribution in [0.2, 0.25) is 0 Å². The van der Waals surface area contributed by atoms with E-state index in [9.17, 15) is 9.18 Å². The van der Waals surface area contributed by atoms with Gasteiger partial charge in [-0.2, -0.15) is 5.26 Å². The fraction of sp³-hybridized carbons (Fsp3) is 0.500. The zero-order valence-electron chi connectivity index (χ0n) is 11.5. The van der Waals surface area contributed by atoms with Crippen molar-refractivity contribution in [3.05, 3.63) is 35.6 Å². The molecule has 0 amide bonds. The van der Waals surface area contributed by atoms with Crippen LogP contribution in [0.25, 0.3) is 0 Å². The molecule has 20 heavy (non-hydrogen) atoms. The third-order valence-electron chi connectivity index (χ3n) is 3.74. The van der Waals surface area contributed by atoms with Crippen LogP contribution in [0.4, 0.5) is 4.39 Å². The molecule has 3 nitrogen and oxygen atoms in total. The van der Waals surface area contributed by atoms with Crippen LogP contribution in [0.15, 0.2) is 24.3 Å². The summed E-state index contributed by atoms with van der Waals surface area (Å²) < 4.78 is 18.3. The first-order chi connectivity index (χ1) is 9.63. The number of halogens is 1. The van der Waals surface area contributed by atoms with E-state index in [1.807, 2.05) is 13.0 Å². The summed E-state index contributed by atoms with van der Waals surface area (Å²) in [5, 5.41) is 9.17. The van der Waals surface area contributed by atoms with Gasteiger partial charge in [-0.1, -0.05) is 12.1 Å². The molecule has 4 heteroatoms. The number of hydrogen-bond donors (Lipinski definition) is 0. The highest BCUT2D eigenvalue weighted by Gasteiger charge is 2.33. The van der Waals surface area contributed by atoms with E-state index in [1.54, 1.807) is 0 Å². The summed E-state index contributed by atoms with van der Waals surface area (Å²) in [6.45, 7) is 2.65. The third kappa shape index (κ3) is 3.43. The molecule has 1 fully saturated rings. The van der Waals surface area contributed by atoms with Crippen molar-refractivity contribution >= 4 is 5.78 Å². The number of benzene rings is 1. The van der Waals surface area contributed by atoms with Crippen LogP contribution in [0, 0.1) is 23.1 Å². The molecule has 0 heterocycles. The average Bonchev–Trinajstić information content (AvgIpc) is 2.39. The summed E-state index contributed by atoms with van der Waals surface area (Å²) in [6, 6.07) is 7.59. The van der Waals surface area contributed by atoms with E-state index in [-0.39, 0.29) is 17.7 Å². The van der Waals surface area contributed by atoms with Gasteiger partial charge >= 0.3 is 0 Å². The van der Waals surface area contributed by atoms with Crippen molar-refractivity contribution in [2.45, 2.75) is 38.2 Å². The summed E-state index contributed by atoms with van der Waals surface area (Å²) in [5.74, 6) is -0.924. The van der Waals surface area contributed by atoms with E-state index in [1.165, 1.54) is 24.3 Å². The zero-order valence-corrected chi connectivity index (χ0v) is 11.5. The van der Waals surface area contributed by atoms with E-state index in [0.29, 0.717) is 24.5 Å². The fourth-order valence-electron chi connectivity index (χ4n) is 2.60. The molecule has 0 aromatic heterocycles. The molecule has 2 rings (SSSR count). The molecule has 0 aliphatic heterocycles. The first-order valence-electron chi connectivity index (χ1n) is 6.93. The topological polar surface area (TPSA) is 50.1 Å². The number of nitrogens with zero attached hydrogens (tertiary/aromatic N) is 1. The van der Waals surface area contributed by atoms with E-state index in [0.717, 1.165) is 12.8 Å². The Morgan fingerprint density at radius 2 is 2.10 bits per heavy atom. The lowest BCUT2D eigenvalue weighted by Crippen LogP contribution is -2.33. The summed E-state index contributed by atoms with van der Waals surface area (Å²) in [7, 11) is 0. The summed E-state index contributed by atoms with van der Waals surface area (Å²) in [6.07, 6.45) is 2.45. The molecule has 1 saturated carbocycles. The minimum absolute atomic E-state index is 0.0842. The Balaban J connectivity index is 1.91. The lowest BCUT2D eigenvalue weighted by molar-refractivity contribution is -0.122. The smallest absolute Gasteiger partial charge is 0.154 e. The lowest BCUT2D eigenvalue weighted by atomic mass is 9.77. The predicted molar refractivity (Wildman–Crippen MR) is 72.5 cm³/mol. The van der Waals surface area contributed by atoms with Crippen molar-refractivity contribution in [2.24, 2.45) is 5.92 Å². The summed E-state index contributed by atoms with van der Waals surface area (Å²) in [5.41, 5.74) is 0.569. The van der Waals surface area contributed by atoms with E-state index < -0.39 is 5.92 Å². The van der Waals surface area contributed by atoms with Crippen molar-refractivity contribution in [1.82, 2.24) is 0 Å². The molecule has 1 aromatic rings. The predicted octanol–water partition coefficient (Wildman–Crippen LogP) is 3.21. The van der Waals surface area contributed by atoms with Crippen LogP contribution in [-0.4, -0.2) is 18.5 Å². The van der Waals surface area contributed by atoms with Crippen LogP contribution >= 0.6 is 0 Å². The van der Waals surface area contributed by atoms with Crippen LogP contribution in [0.3, 0.4) is 0 Å². The first kappa shape index (κ1) is 14.7. The van der Waals surface area contributed by atoms with Gasteiger partial charge in [-0.15, -0.1) is 0 Å². The number of hydrogen-bond acceptors (Lipinski definition) is 3. The monoisotopic (exact) mass is 275 g/mol. The molecule has 0 bridgehead atoms. The van der Waals surface area contributed by atoms with Crippen molar-refractivity contribution in [1.29, 1.82) is 5.26 Å². The maximum atomic E-state index is 12.9. The highest BCUT2D eigenvalue weighted by atomic mass is 19.1. The molecule has 1 unspecified atom stereocenters. The van der Waals surface area contributed by atoms with Crippen molar-refractivity contribution in [3.8, 4) is 6.07 Å². The van der Waals surface area contributed by atoms with Crippen molar-refractivity contribution in [2.75, 3.05) is 6.61 Å². The van der Waals surface area contributed by atoms with Crippen molar-refractivity contribution < 1.29 is 13.9 Å². The minimum Gasteiger partial charge on any atom is -0.378 e. The largest absolute Gasteiger partial charge is 0.378 e. The van der Waals surface area contributed by atoms with Gasteiger partial charge in [0.15, 0.2) is 5.78 Å². The Hall–Kier alpha value is -1.73. The molecule has 0 spiro atoms. The maximum Gasteiger partial charge on any atom is 0.154 e. The van der Waals surface area contributed by atoms with Crippen LogP contribution in [0.5, 0.6) is 0 Å². The molecule has 106 valence electrons. The van der Waals surface area contributed by atoms with E-state index >= 15 is 0 Å². The van der Waals surface area contributed by atoms with Crippen LogP contribution < -0.4 is 0 Å². The first-order valence-corrected chi connectivity index (χ1v) is 6.93. The quantitative estimate of drug-likeness (QED) is 0.801. The van der Waals surface area contributed by atoms with Gasteiger partial charge in [-0.3, -0.25) is 4.79 Å². The minimum atomic E-state index is -0.790. The molecule has 1 aliphatic carbocycles. The molecule has 1 aromatic carbocycles. The van der Waals surface area contributed by atoms with Gasteiger partial charge in [-0.05, 0) is 43.4 Å². The Morgan fingerprint density at radius 3 is 2.65 bits per heavy atom. The number of carbonyl (C=O) groups excluding carboxylic acids is 1. The van der Waals surface area contributed by atoms with Crippen molar-refractivity contribution in [3.63, 3.8) is 0 Å². The number of ether oxygens (including phenoxy) is 1. The summed E-state index contributed by atoms with van der Waals surface area (Å²) in [4.78, 5) is 12.2. The normalized spacial score (nSPS) is 22.6. The average molecular weight is 275 g/mol. The van der Waals surface area contributed by atoms with Crippen LogP contribution in [-0.2, 0) is 9.53 Å². The molecule has 0 saturated heterocycles. The zero-order chi connectivity index (χ0) is 14.5. The Kier molecular flexibility index (Phi) is 4.86. The number of rotatable bonds is 6. The Morgan fingerprint density at radius 1 is 1.45 bits per heavy atom. The lowest BCUT2D eigenvalue weighted by Gasteiger charge is -2.34. The molecular weight excluding hydrogens is 257 g/mol.